The fourth-order valence-corrected chi connectivity index (χ4v) is 5.31. The first-order valence-electron chi connectivity index (χ1n) is 10.9. The van der Waals surface area contributed by atoms with Gasteiger partial charge in [0.25, 0.3) is 5.56 Å². The number of nitrogens with zero attached hydrogens (tertiary/aromatic N) is 3. The highest BCUT2D eigenvalue weighted by Gasteiger charge is 2.45. The normalized spacial score (nSPS) is 15.5. The Bertz CT molecular complexity index is 1660. The molecule has 2 aromatic carbocycles. The highest BCUT2D eigenvalue weighted by Crippen LogP contribution is 2.38. The summed E-state index contributed by atoms with van der Waals surface area (Å²) in [6, 6.07) is 11.0. The third-order valence-electron chi connectivity index (χ3n) is 5.33. The largest absolute Gasteiger partial charge is 0.478 e. The molecule has 13 heteroatoms. The van der Waals surface area contributed by atoms with Crippen molar-refractivity contribution in [2.75, 3.05) is 13.2 Å². The van der Waals surface area contributed by atoms with Gasteiger partial charge in [-0.25, -0.2) is 9.79 Å². The summed E-state index contributed by atoms with van der Waals surface area (Å²) < 4.78 is 54.7. The number of nitriles is 1. The van der Waals surface area contributed by atoms with E-state index in [0.717, 1.165) is 15.9 Å². The van der Waals surface area contributed by atoms with Crippen LogP contribution >= 0.6 is 38.9 Å². The number of fused-ring (bicyclic) bond motifs is 1. The van der Waals surface area contributed by atoms with E-state index >= 15 is 0 Å². The number of halogens is 5. The number of thiazole rings is 1. The fourth-order valence-electron chi connectivity index (χ4n) is 3.82. The van der Waals surface area contributed by atoms with Crippen molar-refractivity contribution in [1.29, 1.82) is 5.26 Å². The molecule has 0 unspecified atom stereocenters. The Morgan fingerprint density at radius 1 is 1.29 bits per heavy atom. The van der Waals surface area contributed by atoms with Crippen molar-refractivity contribution in [1.82, 2.24) is 4.57 Å². The molecule has 0 radical (unpaired) electrons. The van der Waals surface area contributed by atoms with Crippen molar-refractivity contribution in [3.63, 3.8) is 0 Å². The van der Waals surface area contributed by atoms with Gasteiger partial charge in [-0.05, 0) is 48.9 Å². The molecule has 3 aromatic rings. The number of alkyl halides is 3. The van der Waals surface area contributed by atoms with Crippen LogP contribution in [-0.4, -0.2) is 29.9 Å². The van der Waals surface area contributed by atoms with Crippen molar-refractivity contribution in [2.45, 2.75) is 19.1 Å². The maximum absolute atomic E-state index is 14.2. The first-order valence-corrected chi connectivity index (χ1v) is 12.9. The zero-order chi connectivity index (χ0) is 27.6. The minimum atomic E-state index is -5.01. The Labute approximate surface area is 230 Å². The van der Waals surface area contributed by atoms with Gasteiger partial charge in [-0.15, -0.1) is 0 Å². The van der Waals surface area contributed by atoms with Crippen molar-refractivity contribution in [2.24, 2.45) is 4.99 Å². The number of hydrogen-bond acceptors (Lipinski definition) is 7. The summed E-state index contributed by atoms with van der Waals surface area (Å²) in [5.41, 5.74) is -2.31. The molecule has 4 rings (SSSR count). The number of allylic oxidation sites excluding steroid dienone is 1. The number of carbonyl (C=O) groups excluding carboxylic acids is 1. The van der Waals surface area contributed by atoms with Gasteiger partial charge in [-0.1, -0.05) is 51.0 Å². The van der Waals surface area contributed by atoms with Gasteiger partial charge in [0.05, 0.1) is 22.8 Å². The van der Waals surface area contributed by atoms with Gasteiger partial charge in [0.15, 0.2) is 17.1 Å². The summed E-state index contributed by atoms with van der Waals surface area (Å²) in [4.78, 5) is 30.0. The van der Waals surface area contributed by atoms with Crippen LogP contribution in [0.1, 0.15) is 24.1 Å². The van der Waals surface area contributed by atoms with Gasteiger partial charge in [-0.2, -0.15) is 18.4 Å². The second kappa shape index (κ2) is 11.1. The number of hydrogen-bond donors (Lipinski definition) is 0. The summed E-state index contributed by atoms with van der Waals surface area (Å²) in [5.74, 6) is -0.949. The average molecular weight is 627 g/mol. The minimum absolute atomic E-state index is 0.0363. The molecule has 1 atom stereocenters. The lowest BCUT2D eigenvalue weighted by molar-refractivity contribution is -0.140. The predicted octanol–water partition coefficient (Wildman–Crippen LogP) is 4.66. The molecule has 196 valence electrons. The molecule has 0 N–H and O–H groups in total. The van der Waals surface area contributed by atoms with Crippen LogP contribution in [0.4, 0.5) is 13.2 Å². The van der Waals surface area contributed by atoms with Crippen LogP contribution in [0.25, 0.3) is 6.08 Å². The third kappa shape index (κ3) is 5.55. The van der Waals surface area contributed by atoms with Crippen molar-refractivity contribution < 1.29 is 27.4 Å². The van der Waals surface area contributed by atoms with Gasteiger partial charge in [0.1, 0.15) is 11.8 Å². The predicted molar refractivity (Wildman–Crippen MR) is 137 cm³/mol. The molecule has 1 aliphatic heterocycles. The zero-order valence-corrected chi connectivity index (χ0v) is 22.5. The summed E-state index contributed by atoms with van der Waals surface area (Å²) in [7, 11) is 0. The number of aromatic nitrogens is 1. The number of carbonyl (C=O) groups is 1. The molecule has 0 bridgehead atoms. The van der Waals surface area contributed by atoms with Gasteiger partial charge < -0.3 is 9.47 Å². The van der Waals surface area contributed by atoms with E-state index in [9.17, 15) is 22.8 Å². The van der Waals surface area contributed by atoms with E-state index in [2.05, 4.69) is 20.9 Å². The molecule has 1 aromatic heterocycles. The molecule has 0 fully saturated rings. The molecule has 0 saturated carbocycles. The van der Waals surface area contributed by atoms with E-state index in [1.165, 1.54) is 37.3 Å². The molecular formula is C25H16BrClF3N3O4S. The first kappa shape index (κ1) is 27.6. The molecule has 38 heavy (non-hydrogen) atoms. The lowest BCUT2D eigenvalue weighted by Crippen LogP contribution is -2.41. The Kier molecular flexibility index (Phi) is 8.10. The second-order valence-corrected chi connectivity index (χ2v) is 10.1. The molecule has 7 nitrogen and oxygen atoms in total. The summed E-state index contributed by atoms with van der Waals surface area (Å²) in [6.07, 6.45) is -3.58. The summed E-state index contributed by atoms with van der Waals surface area (Å²) >= 11 is 10.0. The Hall–Kier alpha value is -3.40. The van der Waals surface area contributed by atoms with Crippen LogP contribution in [0.5, 0.6) is 5.75 Å². The van der Waals surface area contributed by atoms with Crippen LogP contribution in [0, 0.1) is 11.3 Å². The first-order chi connectivity index (χ1) is 18.0. The number of ether oxygens (including phenoxy) is 2. The fraction of sp³-hybridized carbons (Fsp3) is 0.200. The van der Waals surface area contributed by atoms with Crippen LogP contribution in [0.2, 0.25) is 5.02 Å². The monoisotopic (exact) mass is 625 g/mol. The molecule has 2 heterocycles. The highest BCUT2D eigenvalue weighted by molar-refractivity contribution is 9.10. The molecule has 1 aliphatic rings. The maximum atomic E-state index is 14.2. The van der Waals surface area contributed by atoms with E-state index in [1.54, 1.807) is 18.2 Å². The van der Waals surface area contributed by atoms with E-state index < -0.39 is 35.0 Å². The van der Waals surface area contributed by atoms with Crippen LogP contribution in [0.15, 0.2) is 68.0 Å². The van der Waals surface area contributed by atoms with Crippen LogP contribution in [-0.2, 0) is 9.53 Å². The average Bonchev–Trinajstić information content (AvgIpc) is 3.17. The lowest BCUT2D eigenvalue weighted by Gasteiger charge is -2.26. The molecule has 0 aliphatic carbocycles. The third-order valence-corrected chi connectivity index (χ3v) is 7.06. The lowest BCUT2D eigenvalue weighted by atomic mass is 9.95. The van der Waals surface area contributed by atoms with Crippen molar-refractivity contribution >= 4 is 50.9 Å². The molecule has 0 spiro atoms. The van der Waals surface area contributed by atoms with E-state index in [1.807, 2.05) is 6.07 Å². The number of benzene rings is 2. The van der Waals surface area contributed by atoms with Crippen LogP contribution in [0.3, 0.4) is 0 Å². The summed E-state index contributed by atoms with van der Waals surface area (Å²) in [6.45, 7) is 1.03. The maximum Gasteiger partial charge on any atom is 0.434 e. The Balaban J connectivity index is 2.03. The smallest absolute Gasteiger partial charge is 0.434 e. The molecule has 0 amide bonds. The zero-order valence-electron chi connectivity index (χ0n) is 19.4. The number of esters is 1. The molecular weight excluding hydrogens is 611 g/mol. The quantitative estimate of drug-likeness (QED) is 0.371. The van der Waals surface area contributed by atoms with Gasteiger partial charge in [-0.3, -0.25) is 9.36 Å². The molecule has 0 saturated heterocycles. The van der Waals surface area contributed by atoms with E-state index in [4.69, 9.17) is 26.3 Å². The number of rotatable bonds is 6. The Morgan fingerprint density at radius 3 is 2.63 bits per heavy atom. The SMILES string of the molecule is CCOC(=O)C1=C(C(F)(F)F)N=c2s/c(=C\c3cc(Br)ccc3OCC#N)c(=O)n2[C@@H]1c1ccc(Cl)cc1. The summed E-state index contributed by atoms with van der Waals surface area (Å²) in [5, 5.41) is 9.19. The highest BCUT2D eigenvalue weighted by atomic mass is 79.9. The van der Waals surface area contributed by atoms with Gasteiger partial charge >= 0.3 is 12.1 Å². The van der Waals surface area contributed by atoms with Gasteiger partial charge in [0, 0.05) is 15.1 Å². The standard InChI is InChI=1S/C25H16BrClF3N3O4S/c1-2-36-23(35)19-20(13-3-6-16(27)7-4-13)33-22(34)18(38-24(33)32-21(19)25(28,29)30)12-14-11-15(26)5-8-17(14)37-10-9-31/h3-8,11-12,20H,2,10H2,1H3/b18-12-/t20-/m1/s1. The van der Waals surface area contributed by atoms with Crippen molar-refractivity contribution in [3.8, 4) is 11.8 Å². The van der Waals surface area contributed by atoms with Crippen LogP contribution < -0.4 is 19.6 Å². The second-order valence-electron chi connectivity index (χ2n) is 7.74. The Morgan fingerprint density at radius 2 is 2.00 bits per heavy atom. The van der Waals surface area contributed by atoms with Gasteiger partial charge in [0.2, 0.25) is 0 Å². The van der Waals surface area contributed by atoms with E-state index in [-0.39, 0.29) is 33.9 Å². The minimum Gasteiger partial charge on any atom is -0.478 e. The van der Waals surface area contributed by atoms with Crippen molar-refractivity contribution in [3.05, 3.63) is 94.0 Å². The topological polar surface area (TPSA) is 93.7 Å². The van der Waals surface area contributed by atoms with E-state index in [0.29, 0.717) is 15.1 Å².